The molecule has 1 aromatic carbocycles. The SMILES string of the molecule is Cc1ccc(C(C)(C)F)cc1CC1(O)CC1. The Kier molecular flexibility index (Phi) is 2.58. The molecule has 1 aliphatic rings. The highest BCUT2D eigenvalue weighted by molar-refractivity contribution is 5.35. The maximum absolute atomic E-state index is 13.8. The predicted molar refractivity (Wildman–Crippen MR) is 63.2 cm³/mol. The first-order valence-electron chi connectivity index (χ1n) is 5.81. The van der Waals surface area contributed by atoms with Crippen molar-refractivity contribution in [3.8, 4) is 0 Å². The van der Waals surface area contributed by atoms with Gasteiger partial charge in [-0.1, -0.05) is 18.2 Å². The number of rotatable bonds is 3. The number of halogens is 1. The largest absolute Gasteiger partial charge is 0.390 e. The number of aryl methyl sites for hydroxylation is 1. The molecule has 1 aromatic rings. The maximum Gasteiger partial charge on any atom is 0.130 e. The van der Waals surface area contributed by atoms with E-state index in [0.717, 1.165) is 24.0 Å². The highest BCUT2D eigenvalue weighted by atomic mass is 19.1. The second-order valence-corrected chi connectivity index (χ2v) is 5.51. The van der Waals surface area contributed by atoms with Crippen LogP contribution in [0.2, 0.25) is 0 Å². The molecule has 0 unspecified atom stereocenters. The Balaban J connectivity index is 2.29. The van der Waals surface area contributed by atoms with Crippen LogP contribution in [0.5, 0.6) is 0 Å². The van der Waals surface area contributed by atoms with E-state index in [4.69, 9.17) is 0 Å². The van der Waals surface area contributed by atoms with Crippen molar-refractivity contribution in [1.29, 1.82) is 0 Å². The standard InChI is InChI=1S/C14H19FO/c1-10-4-5-12(13(2,3)15)8-11(10)9-14(16)6-7-14/h4-5,8,16H,6-7,9H2,1-3H3. The molecule has 0 saturated heterocycles. The van der Waals surface area contributed by atoms with Crippen LogP contribution in [0.3, 0.4) is 0 Å². The highest BCUT2D eigenvalue weighted by Crippen LogP contribution is 2.39. The van der Waals surface area contributed by atoms with E-state index in [9.17, 15) is 9.50 Å². The van der Waals surface area contributed by atoms with Crippen molar-refractivity contribution in [1.82, 2.24) is 0 Å². The fourth-order valence-corrected chi connectivity index (χ4v) is 1.91. The minimum absolute atomic E-state index is 0.510. The van der Waals surface area contributed by atoms with Crippen LogP contribution >= 0.6 is 0 Å². The smallest absolute Gasteiger partial charge is 0.130 e. The van der Waals surface area contributed by atoms with Crippen molar-refractivity contribution < 1.29 is 9.50 Å². The van der Waals surface area contributed by atoms with E-state index in [1.165, 1.54) is 0 Å². The van der Waals surface area contributed by atoms with Crippen LogP contribution in [0.1, 0.15) is 43.4 Å². The van der Waals surface area contributed by atoms with Crippen molar-refractivity contribution in [3.05, 3.63) is 34.9 Å². The first kappa shape index (κ1) is 11.6. The molecule has 1 fully saturated rings. The third-order valence-corrected chi connectivity index (χ3v) is 3.38. The van der Waals surface area contributed by atoms with E-state index < -0.39 is 11.3 Å². The van der Waals surface area contributed by atoms with Gasteiger partial charge >= 0.3 is 0 Å². The summed E-state index contributed by atoms with van der Waals surface area (Å²) in [7, 11) is 0. The monoisotopic (exact) mass is 222 g/mol. The molecule has 0 aromatic heterocycles. The molecule has 16 heavy (non-hydrogen) atoms. The van der Waals surface area contributed by atoms with E-state index in [1.54, 1.807) is 13.8 Å². The summed E-state index contributed by atoms with van der Waals surface area (Å²) in [5.74, 6) is 0. The molecular formula is C14H19FO. The molecule has 1 N–H and O–H groups in total. The molecular weight excluding hydrogens is 203 g/mol. The van der Waals surface area contributed by atoms with Gasteiger partial charge in [0.2, 0.25) is 0 Å². The van der Waals surface area contributed by atoms with Crippen LogP contribution in [0, 0.1) is 6.92 Å². The van der Waals surface area contributed by atoms with Crippen molar-refractivity contribution >= 4 is 0 Å². The summed E-state index contributed by atoms with van der Waals surface area (Å²) < 4.78 is 13.8. The Labute approximate surface area is 96.3 Å². The number of alkyl halides is 1. The third kappa shape index (κ3) is 2.43. The van der Waals surface area contributed by atoms with Crippen LogP contribution in [-0.4, -0.2) is 10.7 Å². The van der Waals surface area contributed by atoms with E-state index in [-0.39, 0.29) is 0 Å². The lowest BCUT2D eigenvalue weighted by Crippen LogP contribution is -2.14. The third-order valence-electron chi connectivity index (χ3n) is 3.38. The van der Waals surface area contributed by atoms with E-state index in [0.29, 0.717) is 12.0 Å². The highest BCUT2D eigenvalue weighted by Gasteiger charge is 2.40. The fourth-order valence-electron chi connectivity index (χ4n) is 1.91. The molecule has 0 atom stereocenters. The summed E-state index contributed by atoms with van der Waals surface area (Å²) in [4.78, 5) is 0. The zero-order chi connectivity index (χ0) is 12.0. The lowest BCUT2D eigenvalue weighted by molar-refractivity contribution is 0.150. The quantitative estimate of drug-likeness (QED) is 0.832. The van der Waals surface area contributed by atoms with Crippen molar-refractivity contribution in [2.24, 2.45) is 0 Å². The van der Waals surface area contributed by atoms with Gasteiger partial charge < -0.3 is 5.11 Å². The molecule has 88 valence electrons. The number of hydrogen-bond acceptors (Lipinski definition) is 1. The minimum Gasteiger partial charge on any atom is -0.390 e. The van der Waals surface area contributed by atoms with Gasteiger partial charge in [0, 0.05) is 6.42 Å². The summed E-state index contributed by atoms with van der Waals surface area (Å²) in [6.45, 7) is 5.14. The Hall–Kier alpha value is -0.890. The molecule has 1 aliphatic carbocycles. The predicted octanol–water partition coefficient (Wildman–Crippen LogP) is 3.27. The number of hydrogen-bond donors (Lipinski definition) is 1. The van der Waals surface area contributed by atoms with Gasteiger partial charge in [0.15, 0.2) is 0 Å². The van der Waals surface area contributed by atoms with E-state index in [1.807, 2.05) is 25.1 Å². The van der Waals surface area contributed by atoms with Crippen LogP contribution < -0.4 is 0 Å². The molecule has 0 bridgehead atoms. The Bertz CT molecular complexity index is 400. The summed E-state index contributed by atoms with van der Waals surface area (Å²) in [5, 5.41) is 9.91. The molecule has 0 radical (unpaired) electrons. The normalized spacial score (nSPS) is 18.6. The number of benzene rings is 1. The zero-order valence-electron chi connectivity index (χ0n) is 10.2. The molecule has 0 spiro atoms. The average Bonchev–Trinajstić information content (AvgIpc) is 2.86. The summed E-state index contributed by atoms with van der Waals surface area (Å²) in [6, 6.07) is 5.67. The maximum atomic E-state index is 13.8. The molecule has 1 saturated carbocycles. The Morgan fingerprint density at radius 1 is 1.38 bits per heavy atom. The Morgan fingerprint density at radius 2 is 2.00 bits per heavy atom. The van der Waals surface area contributed by atoms with E-state index >= 15 is 0 Å². The summed E-state index contributed by atoms with van der Waals surface area (Å²) >= 11 is 0. The van der Waals surface area contributed by atoms with Gasteiger partial charge in [-0.2, -0.15) is 0 Å². The van der Waals surface area contributed by atoms with Crippen LogP contribution in [0.25, 0.3) is 0 Å². The molecule has 2 heteroatoms. The van der Waals surface area contributed by atoms with Crippen molar-refractivity contribution in [2.45, 2.75) is 51.3 Å². The van der Waals surface area contributed by atoms with Gasteiger partial charge in [0.1, 0.15) is 5.67 Å². The van der Waals surface area contributed by atoms with E-state index in [2.05, 4.69) is 0 Å². The fraction of sp³-hybridized carbons (Fsp3) is 0.571. The molecule has 0 amide bonds. The van der Waals surface area contributed by atoms with Gasteiger partial charge in [-0.15, -0.1) is 0 Å². The minimum atomic E-state index is -1.31. The van der Waals surface area contributed by atoms with Crippen molar-refractivity contribution in [3.63, 3.8) is 0 Å². The molecule has 0 heterocycles. The van der Waals surface area contributed by atoms with Crippen LogP contribution in [0.4, 0.5) is 4.39 Å². The summed E-state index contributed by atoms with van der Waals surface area (Å²) in [5.41, 5.74) is 1.08. The first-order valence-corrected chi connectivity index (χ1v) is 5.81. The van der Waals surface area contributed by atoms with Gasteiger partial charge in [-0.05, 0) is 50.3 Å². The van der Waals surface area contributed by atoms with Crippen molar-refractivity contribution in [2.75, 3.05) is 0 Å². The summed E-state index contributed by atoms with van der Waals surface area (Å²) in [6.07, 6.45) is 2.40. The second-order valence-electron chi connectivity index (χ2n) is 5.51. The molecule has 0 aliphatic heterocycles. The number of aliphatic hydroxyl groups is 1. The van der Waals surface area contributed by atoms with Crippen LogP contribution in [0.15, 0.2) is 18.2 Å². The Morgan fingerprint density at radius 3 is 2.50 bits per heavy atom. The van der Waals surface area contributed by atoms with Gasteiger partial charge in [0.25, 0.3) is 0 Å². The lowest BCUT2D eigenvalue weighted by Gasteiger charge is -2.18. The molecule has 2 rings (SSSR count). The topological polar surface area (TPSA) is 20.2 Å². The average molecular weight is 222 g/mol. The zero-order valence-corrected chi connectivity index (χ0v) is 10.2. The van der Waals surface area contributed by atoms with Crippen LogP contribution in [-0.2, 0) is 12.1 Å². The second kappa shape index (κ2) is 3.56. The lowest BCUT2D eigenvalue weighted by atomic mass is 9.93. The van der Waals surface area contributed by atoms with Gasteiger partial charge in [-0.3, -0.25) is 0 Å². The molecule has 1 nitrogen and oxygen atoms in total. The van der Waals surface area contributed by atoms with Gasteiger partial charge in [-0.25, -0.2) is 4.39 Å². The van der Waals surface area contributed by atoms with Gasteiger partial charge in [0.05, 0.1) is 5.60 Å². The first-order chi connectivity index (χ1) is 7.30.